The normalized spacial score (nSPS) is 12.4. The molecule has 0 saturated heterocycles. The second kappa shape index (κ2) is 11.0. The molecular formula is C19H15ClF4N6O5S. The number of amidine groups is 1. The zero-order chi connectivity index (χ0) is 26.5. The molecule has 3 aromatic rings. The lowest BCUT2D eigenvalue weighted by molar-refractivity contribution is -0.203. The highest BCUT2D eigenvalue weighted by Crippen LogP contribution is 2.23. The third-order valence-electron chi connectivity index (χ3n) is 4.27. The van der Waals surface area contributed by atoms with Crippen molar-refractivity contribution in [3.05, 3.63) is 70.3 Å². The van der Waals surface area contributed by atoms with E-state index in [2.05, 4.69) is 30.1 Å². The number of rotatable bonds is 7. The van der Waals surface area contributed by atoms with Crippen LogP contribution in [0.25, 0.3) is 0 Å². The van der Waals surface area contributed by atoms with Gasteiger partial charge in [-0.05, 0) is 41.1 Å². The van der Waals surface area contributed by atoms with Crippen LogP contribution in [0.1, 0.15) is 17.0 Å². The van der Waals surface area contributed by atoms with Crippen molar-refractivity contribution >= 4 is 39.1 Å². The van der Waals surface area contributed by atoms with Crippen molar-refractivity contribution in [3.63, 3.8) is 0 Å². The van der Waals surface area contributed by atoms with Gasteiger partial charge in [0.15, 0.2) is 11.5 Å². The lowest BCUT2D eigenvalue weighted by Crippen LogP contribution is -2.35. The minimum atomic E-state index is -5.30. The molecule has 0 saturated carbocycles. The van der Waals surface area contributed by atoms with Gasteiger partial charge < -0.3 is 10.2 Å². The van der Waals surface area contributed by atoms with Crippen molar-refractivity contribution in [2.45, 2.75) is 24.2 Å². The van der Waals surface area contributed by atoms with Gasteiger partial charge in [-0.2, -0.15) is 18.7 Å². The summed E-state index contributed by atoms with van der Waals surface area (Å²) in [6.45, 7) is 0.140. The predicted molar refractivity (Wildman–Crippen MR) is 116 cm³/mol. The summed E-state index contributed by atoms with van der Waals surface area (Å²) in [6.07, 6.45) is -5.30. The fourth-order valence-electron chi connectivity index (χ4n) is 2.58. The van der Waals surface area contributed by atoms with Gasteiger partial charge in [0, 0.05) is 13.1 Å². The summed E-state index contributed by atoms with van der Waals surface area (Å²) in [6, 6.07) is 8.84. The Bertz CT molecular complexity index is 1380. The highest BCUT2D eigenvalue weighted by Gasteiger charge is 2.42. The number of hydroxylamine groups is 1. The van der Waals surface area contributed by atoms with Gasteiger partial charge in [0.25, 0.3) is 0 Å². The van der Waals surface area contributed by atoms with E-state index in [4.69, 9.17) is 16.7 Å². The van der Waals surface area contributed by atoms with Crippen molar-refractivity contribution in [1.82, 2.24) is 21.1 Å². The maximum absolute atomic E-state index is 13.4. The quantitative estimate of drug-likeness (QED) is 0.174. The molecule has 0 fully saturated rings. The molecule has 0 unspecified atom stereocenters. The van der Waals surface area contributed by atoms with Crippen LogP contribution in [0.15, 0.2) is 57.0 Å². The summed E-state index contributed by atoms with van der Waals surface area (Å²) in [5.74, 6) is -3.85. The molecule has 3 rings (SSSR count). The number of nitrogens with one attached hydrogen (secondary N) is 2. The van der Waals surface area contributed by atoms with Gasteiger partial charge in [0.2, 0.25) is 10.0 Å². The number of primary sulfonamides is 1. The summed E-state index contributed by atoms with van der Waals surface area (Å²) < 4.78 is 78.4. The van der Waals surface area contributed by atoms with Crippen LogP contribution < -0.4 is 15.9 Å². The number of carbonyl (C=O) groups is 1. The molecular weight excluding hydrogens is 536 g/mol. The minimum Gasteiger partial charge on any atom is -0.333 e. The standard InChI is InChI=1S/C19H15ClF4N6O5S/c20-13-7-11(3-6-14(13)21)27-17(30-34-18(31)19(22,23)24)16-15(28-35-29-16)9-26-8-10-1-4-12(5-2-10)36(25,32)33/h1-7,26H,8-9H2,(H,27,30)(H2,25,32,33). The molecule has 0 spiro atoms. The Morgan fingerprint density at radius 3 is 2.44 bits per heavy atom. The predicted octanol–water partition coefficient (Wildman–Crippen LogP) is 2.49. The van der Waals surface area contributed by atoms with Crippen LogP contribution in [0, 0.1) is 5.82 Å². The van der Waals surface area contributed by atoms with Crippen LogP contribution in [0.3, 0.4) is 0 Å². The first-order valence-corrected chi connectivity index (χ1v) is 11.5. The van der Waals surface area contributed by atoms with Gasteiger partial charge in [0.05, 0.1) is 15.6 Å². The summed E-state index contributed by atoms with van der Waals surface area (Å²) in [4.78, 5) is 19.1. The highest BCUT2D eigenvalue weighted by atomic mass is 35.5. The lowest BCUT2D eigenvalue weighted by atomic mass is 10.2. The Morgan fingerprint density at radius 1 is 1.14 bits per heavy atom. The summed E-state index contributed by atoms with van der Waals surface area (Å²) in [5, 5.41) is 14.9. The van der Waals surface area contributed by atoms with E-state index in [0.717, 1.165) is 18.2 Å². The van der Waals surface area contributed by atoms with Crippen LogP contribution in [0.4, 0.5) is 23.2 Å². The number of carbonyl (C=O) groups excluding carboxylic acids is 1. The molecule has 11 nitrogen and oxygen atoms in total. The van der Waals surface area contributed by atoms with Crippen LogP contribution >= 0.6 is 11.6 Å². The number of sulfonamides is 1. The second-order valence-corrected chi connectivity index (χ2v) is 8.87. The zero-order valence-corrected chi connectivity index (χ0v) is 19.3. The number of hydrogen-bond donors (Lipinski definition) is 3. The van der Waals surface area contributed by atoms with Crippen molar-refractivity contribution in [3.8, 4) is 0 Å². The average Bonchev–Trinajstić information content (AvgIpc) is 3.26. The third-order valence-corrected chi connectivity index (χ3v) is 5.49. The molecule has 192 valence electrons. The van der Waals surface area contributed by atoms with Gasteiger partial charge in [-0.15, -0.1) is 0 Å². The molecule has 0 aliphatic carbocycles. The molecule has 0 radical (unpaired) electrons. The smallest absolute Gasteiger partial charge is 0.333 e. The first-order chi connectivity index (χ1) is 16.8. The van der Waals surface area contributed by atoms with Crippen molar-refractivity contribution in [2.75, 3.05) is 0 Å². The molecule has 1 aromatic heterocycles. The van der Waals surface area contributed by atoms with Crippen molar-refractivity contribution in [2.24, 2.45) is 10.1 Å². The number of nitrogens with zero attached hydrogens (tertiary/aromatic N) is 3. The molecule has 1 heterocycles. The number of alkyl halides is 3. The minimum absolute atomic E-state index is 0.0242. The maximum atomic E-state index is 13.4. The lowest BCUT2D eigenvalue weighted by Gasteiger charge is -2.10. The van der Waals surface area contributed by atoms with E-state index in [1.54, 1.807) is 5.48 Å². The topological polar surface area (TPSA) is 162 Å². The molecule has 0 atom stereocenters. The monoisotopic (exact) mass is 550 g/mol. The van der Waals surface area contributed by atoms with Gasteiger partial charge >= 0.3 is 12.1 Å². The Labute approximate surface area is 205 Å². The number of aliphatic imine (C=N–C) groups is 1. The van der Waals surface area contributed by atoms with Gasteiger partial charge in [0.1, 0.15) is 11.5 Å². The molecule has 36 heavy (non-hydrogen) atoms. The number of nitrogens with two attached hydrogens (primary N) is 1. The van der Waals surface area contributed by atoms with Crippen LogP contribution in [-0.2, 0) is 32.7 Å². The average molecular weight is 551 g/mol. The third kappa shape index (κ3) is 7.20. The molecule has 2 aromatic carbocycles. The van der Waals surface area contributed by atoms with E-state index in [0.29, 0.717) is 5.56 Å². The Balaban J connectivity index is 1.79. The molecule has 0 aliphatic rings. The summed E-state index contributed by atoms with van der Waals surface area (Å²) >= 11 is 5.71. The Kier molecular flexibility index (Phi) is 8.24. The first kappa shape index (κ1) is 27.0. The number of benzene rings is 2. The molecule has 0 amide bonds. The highest BCUT2D eigenvalue weighted by molar-refractivity contribution is 7.89. The SMILES string of the molecule is NS(=O)(=O)c1ccc(CNCc2nonc2C(=Nc2ccc(F)c(Cl)c2)NOC(=O)C(F)(F)F)cc1. The van der Waals surface area contributed by atoms with Crippen molar-refractivity contribution in [1.29, 1.82) is 0 Å². The van der Waals surface area contributed by atoms with E-state index in [1.165, 1.54) is 24.3 Å². The Morgan fingerprint density at radius 2 is 1.83 bits per heavy atom. The maximum Gasteiger partial charge on any atom is 0.493 e. The molecule has 0 bridgehead atoms. The Hall–Kier alpha value is -3.60. The van der Waals surface area contributed by atoms with Gasteiger partial charge in [-0.3, -0.25) is 0 Å². The van der Waals surface area contributed by atoms with Gasteiger partial charge in [-0.25, -0.2) is 32.4 Å². The number of aromatic nitrogens is 2. The summed E-state index contributed by atoms with van der Waals surface area (Å²) in [7, 11) is -3.85. The second-order valence-electron chi connectivity index (χ2n) is 6.90. The van der Waals surface area contributed by atoms with E-state index < -0.39 is 33.8 Å². The van der Waals surface area contributed by atoms with Crippen LogP contribution in [-0.4, -0.2) is 36.7 Å². The fraction of sp³-hybridized carbons (Fsp3) is 0.158. The summed E-state index contributed by atoms with van der Waals surface area (Å²) in [5.41, 5.74) is 2.21. The van der Waals surface area contributed by atoms with Crippen LogP contribution in [0.5, 0.6) is 0 Å². The van der Waals surface area contributed by atoms with Crippen molar-refractivity contribution < 1.29 is 40.2 Å². The number of hydrogen-bond acceptors (Lipinski definition) is 9. The molecule has 0 aliphatic heterocycles. The van der Waals surface area contributed by atoms with E-state index >= 15 is 0 Å². The molecule has 4 N–H and O–H groups in total. The first-order valence-electron chi connectivity index (χ1n) is 9.56. The van der Waals surface area contributed by atoms with E-state index in [-0.39, 0.29) is 40.1 Å². The largest absolute Gasteiger partial charge is 0.493 e. The van der Waals surface area contributed by atoms with E-state index in [1.807, 2.05) is 0 Å². The number of halogens is 5. The van der Waals surface area contributed by atoms with E-state index in [9.17, 15) is 30.8 Å². The zero-order valence-electron chi connectivity index (χ0n) is 17.7. The molecule has 17 heteroatoms. The van der Waals surface area contributed by atoms with Crippen LogP contribution in [0.2, 0.25) is 5.02 Å². The fourth-order valence-corrected chi connectivity index (χ4v) is 3.28. The van der Waals surface area contributed by atoms with Gasteiger partial charge in [-0.1, -0.05) is 28.9 Å².